The van der Waals surface area contributed by atoms with E-state index in [4.69, 9.17) is 5.73 Å². The highest BCUT2D eigenvalue weighted by Gasteiger charge is 2.30. The molecule has 3 heteroatoms. The zero-order valence-corrected chi connectivity index (χ0v) is 12.2. The Balaban J connectivity index is 2.09. The molecule has 0 spiro atoms. The van der Waals surface area contributed by atoms with Crippen molar-refractivity contribution >= 4 is 5.91 Å². The molecule has 104 valence electrons. The van der Waals surface area contributed by atoms with Gasteiger partial charge in [-0.2, -0.15) is 0 Å². The summed E-state index contributed by atoms with van der Waals surface area (Å²) in [4.78, 5) is 14.5. The van der Waals surface area contributed by atoms with Gasteiger partial charge in [0.1, 0.15) is 0 Å². The van der Waals surface area contributed by atoms with Crippen LogP contribution < -0.4 is 5.73 Å². The maximum Gasteiger partial charge on any atom is 0.253 e. The first-order valence-corrected chi connectivity index (χ1v) is 7.01. The van der Waals surface area contributed by atoms with Crippen LogP contribution in [0.4, 0.5) is 0 Å². The highest BCUT2D eigenvalue weighted by Crippen LogP contribution is 2.30. The van der Waals surface area contributed by atoms with Crippen LogP contribution >= 0.6 is 0 Å². The second kappa shape index (κ2) is 5.33. The quantitative estimate of drug-likeness (QED) is 0.888. The largest absolute Gasteiger partial charge is 0.339 e. The first-order chi connectivity index (χ1) is 8.93. The number of aryl methyl sites for hydroxylation is 2. The molecule has 2 N–H and O–H groups in total. The molecule has 1 aliphatic rings. The van der Waals surface area contributed by atoms with Crippen molar-refractivity contribution in [3.05, 3.63) is 34.9 Å². The van der Waals surface area contributed by atoms with E-state index < -0.39 is 0 Å². The van der Waals surface area contributed by atoms with Crippen molar-refractivity contribution in [3.63, 3.8) is 0 Å². The molecule has 19 heavy (non-hydrogen) atoms. The van der Waals surface area contributed by atoms with Gasteiger partial charge in [0.05, 0.1) is 0 Å². The molecule has 1 fully saturated rings. The average Bonchev–Trinajstić information content (AvgIpc) is 2.38. The topological polar surface area (TPSA) is 46.3 Å². The smallest absolute Gasteiger partial charge is 0.253 e. The summed E-state index contributed by atoms with van der Waals surface area (Å²) in [5.74, 6) is 0.158. The number of nitrogens with zero attached hydrogens (tertiary/aromatic N) is 1. The molecule has 1 amide bonds. The van der Waals surface area contributed by atoms with Crippen molar-refractivity contribution in [2.24, 2.45) is 11.1 Å². The summed E-state index contributed by atoms with van der Waals surface area (Å²) in [6.07, 6.45) is 2.00. The Bertz CT molecular complexity index is 453. The van der Waals surface area contributed by atoms with Crippen LogP contribution in [0.25, 0.3) is 0 Å². The molecule has 1 heterocycles. The molecule has 0 radical (unpaired) electrons. The van der Waals surface area contributed by atoms with Crippen LogP contribution in [0.3, 0.4) is 0 Å². The summed E-state index contributed by atoms with van der Waals surface area (Å²) >= 11 is 0. The number of hydrogen-bond acceptors (Lipinski definition) is 2. The zero-order chi connectivity index (χ0) is 14.0. The first kappa shape index (κ1) is 14.1. The third kappa shape index (κ3) is 3.16. The number of hydrogen-bond donors (Lipinski definition) is 1. The number of carbonyl (C=O) groups excluding carboxylic acids is 1. The second-order valence-electron chi connectivity index (χ2n) is 6.18. The number of rotatable bonds is 2. The van der Waals surface area contributed by atoms with Gasteiger partial charge in [0, 0.05) is 18.7 Å². The fourth-order valence-corrected chi connectivity index (χ4v) is 2.73. The third-order valence-corrected chi connectivity index (χ3v) is 4.22. The Hall–Kier alpha value is -1.35. The Labute approximate surface area is 115 Å². The lowest BCUT2D eigenvalue weighted by molar-refractivity contribution is 0.0617. The van der Waals surface area contributed by atoms with E-state index in [2.05, 4.69) is 13.0 Å². The van der Waals surface area contributed by atoms with Gasteiger partial charge in [-0.1, -0.05) is 24.1 Å². The second-order valence-corrected chi connectivity index (χ2v) is 6.18. The minimum atomic E-state index is 0.158. The van der Waals surface area contributed by atoms with Crippen LogP contribution in [0.1, 0.15) is 41.3 Å². The van der Waals surface area contributed by atoms with Crippen molar-refractivity contribution in [2.75, 3.05) is 19.6 Å². The van der Waals surface area contributed by atoms with Gasteiger partial charge in [-0.25, -0.2) is 0 Å². The van der Waals surface area contributed by atoms with Gasteiger partial charge >= 0.3 is 0 Å². The van der Waals surface area contributed by atoms with E-state index in [9.17, 15) is 4.79 Å². The lowest BCUT2D eigenvalue weighted by Crippen LogP contribution is -2.44. The third-order valence-electron chi connectivity index (χ3n) is 4.22. The van der Waals surface area contributed by atoms with Crippen LogP contribution in [-0.2, 0) is 0 Å². The summed E-state index contributed by atoms with van der Waals surface area (Å²) in [6, 6.07) is 6.05. The number of carbonyl (C=O) groups is 1. The fraction of sp³-hybridized carbons (Fsp3) is 0.562. The summed E-state index contributed by atoms with van der Waals surface area (Å²) in [7, 11) is 0. The Morgan fingerprint density at radius 1 is 1.21 bits per heavy atom. The van der Waals surface area contributed by atoms with Gasteiger partial charge in [-0.3, -0.25) is 4.79 Å². The maximum absolute atomic E-state index is 12.5. The maximum atomic E-state index is 12.5. The van der Waals surface area contributed by atoms with E-state index >= 15 is 0 Å². The molecule has 0 aliphatic carbocycles. The van der Waals surface area contributed by atoms with E-state index in [1.54, 1.807) is 0 Å². The Morgan fingerprint density at radius 2 is 1.74 bits per heavy atom. The fourth-order valence-electron chi connectivity index (χ4n) is 2.73. The van der Waals surface area contributed by atoms with Gasteiger partial charge in [-0.05, 0) is 50.8 Å². The van der Waals surface area contributed by atoms with E-state index in [-0.39, 0.29) is 11.3 Å². The molecular formula is C16H24N2O. The first-order valence-electron chi connectivity index (χ1n) is 7.01. The predicted molar refractivity (Wildman–Crippen MR) is 78.2 cm³/mol. The minimum Gasteiger partial charge on any atom is -0.339 e. The molecule has 1 aromatic carbocycles. The van der Waals surface area contributed by atoms with Gasteiger partial charge in [-0.15, -0.1) is 0 Å². The van der Waals surface area contributed by atoms with Crippen molar-refractivity contribution in [3.8, 4) is 0 Å². The summed E-state index contributed by atoms with van der Waals surface area (Å²) in [6.45, 7) is 8.63. The average molecular weight is 260 g/mol. The van der Waals surface area contributed by atoms with E-state index in [1.807, 2.05) is 30.9 Å². The number of likely N-dealkylation sites (tertiary alicyclic amines) is 1. The van der Waals surface area contributed by atoms with E-state index in [0.717, 1.165) is 42.6 Å². The molecule has 1 aromatic rings. The monoisotopic (exact) mass is 260 g/mol. The van der Waals surface area contributed by atoms with Crippen molar-refractivity contribution in [2.45, 2.75) is 33.6 Å². The Kier molecular flexibility index (Phi) is 3.95. The standard InChI is InChI=1S/C16H24N2O/c1-12-8-13(2)10-14(9-12)15(19)18-6-4-16(3,11-17)5-7-18/h8-10H,4-7,11,17H2,1-3H3. The molecular weight excluding hydrogens is 236 g/mol. The van der Waals surface area contributed by atoms with Crippen LogP contribution in [0.15, 0.2) is 18.2 Å². The lowest BCUT2D eigenvalue weighted by atomic mass is 9.80. The van der Waals surface area contributed by atoms with E-state index in [0.29, 0.717) is 6.54 Å². The molecule has 2 rings (SSSR count). The predicted octanol–water partition coefficient (Wildman–Crippen LogP) is 2.50. The minimum absolute atomic E-state index is 0.158. The highest BCUT2D eigenvalue weighted by molar-refractivity contribution is 5.94. The van der Waals surface area contributed by atoms with Crippen LogP contribution in [-0.4, -0.2) is 30.4 Å². The van der Waals surface area contributed by atoms with Crippen molar-refractivity contribution < 1.29 is 4.79 Å². The van der Waals surface area contributed by atoms with Crippen molar-refractivity contribution in [1.29, 1.82) is 0 Å². The summed E-state index contributed by atoms with van der Waals surface area (Å²) < 4.78 is 0. The number of piperidine rings is 1. The molecule has 0 saturated carbocycles. The zero-order valence-electron chi connectivity index (χ0n) is 12.2. The van der Waals surface area contributed by atoms with Crippen LogP contribution in [0, 0.1) is 19.3 Å². The molecule has 3 nitrogen and oxygen atoms in total. The van der Waals surface area contributed by atoms with Crippen LogP contribution in [0.5, 0.6) is 0 Å². The molecule has 0 aromatic heterocycles. The molecule has 0 atom stereocenters. The molecule has 0 unspecified atom stereocenters. The number of nitrogens with two attached hydrogens (primary N) is 1. The molecule has 0 bridgehead atoms. The highest BCUT2D eigenvalue weighted by atomic mass is 16.2. The number of amides is 1. The van der Waals surface area contributed by atoms with Gasteiger partial charge in [0.15, 0.2) is 0 Å². The van der Waals surface area contributed by atoms with Gasteiger partial charge < -0.3 is 10.6 Å². The van der Waals surface area contributed by atoms with E-state index in [1.165, 1.54) is 0 Å². The Morgan fingerprint density at radius 3 is 2.21 bits per heavy atom. The normalized spacial score (nSPS) is 18.4. The summed E-state index contributed by atoms with van der Waals surface area (Å²) in [5, 5.41) is 0. The number of benzene rings is 1. The van der Waals surface area contributed by atoms with Crippen molar-refractivity contribution in [1.82, 2.24) is 4.90 Å². The molecule has 1 aliphatic heterocycles. The molecule has 1 saturated heterocycles. The van der Waals surface area contributed by atoms with Gasteiger partial charge in [0.25, 0.3) is 5.91 Å². The lowest BCUT2D eigenvalue weighted by Gasteiger charge is -2.38. The summed E-state index contributed by atoms with van der Waals surface area (Å²) in [5.41, 5.74) is 9.12. The van der Waals surface area contributed by atoms with Crippen LogP contribution in [0.2, 0.25) is 0 Å². The van der Waals surface area contributed by atoms with Gasteiger partial charge in [0.2, 0.25) is 0 Å². The SMILES string of the molecule is Cc1cc(C)cc(C(=O)N2CCC(C)(CN)CC2)c1.